The Balaban J connectivity index is 4.19. The average molecular weight is 247 g/mol. The van der Waals surface area contributed by atoms with E-state index in [2.05, 4.69) is 5.32 Å². The minimum Gasteiger partial charge on any atom is -0.444 e. The van der Waals surface area contributed by atoms with Gasteiger partial charge in [-0.3, -0.25) is 4.79 Å². The Labute approximate surface area is 101 Å². The van der Waals surface area contributed by atoms with Gasteiger partial charge in [-0.25, -0.2) is 4.79 Å². The molecule has 0 aliphatic rings. The third kappa shape index (κ3) is 7.56. The van der Waals surface area contributed by atoms with E-state index >= 15 is 0 Å². The lowest BCUT2D eigenvalue weighted by Gasteiger charge is -2.22. The second-order valence-corrected chi connectivity index (χ2v) is 5.58. The van der Waals surface area contributed by atoms with E-state index in [1.165, 1.54) is 6.92 Å². The highest BCUT2D eigenvalue weighted by Gasteiger charge is 2.21. The van der Waals surface area contributed by atoms with Gasteiger partial charge in [0.15, 0.2) is 5.78 Å². The topological polar surface area (TPSA) is 55.4 Å². The molecule has 1 N–H and O–H groups in total. The number of hydrogen-bond acceptors (Lipinski definition) is 4. The average Bonchev–Trinajstić information content (AvgIpc) is 2.08. The van der Waals surface area contributed by atoms with Crippen molar-refractivity contribution >= 4 is 23.6 Å². The summed E-state index contributed by atoms with van der Waals surface area (Å²) in [6.45, 7) is 6.84. The molecule has 0 spiro atoms. The van der Waals surface area contributed by atoms with E-state index in [1.54, 1.807) is 32.5 Å². The zero-order valence-corrected chi connectivity index (χ0v) is 11.4. The fourth-order valence-corrected chi connectivity index (χ4v) is 1.53. The number of amides is 1. The maximum absolute atomic E-state index is 11.4. The van der Waals surface area contributed by atoms with Gasteiger partial charge in [0.05, 0.1) is 6.04 Å². The van der Waals surface area contributed by atoms with E-state index in [4.69, 9.17) is 4.74 Å². The SMILES string of the molecule is CSCC[C@@H](NC(=O)OC(C)(C)C)C(C)=O. The normalized spacial score (nSPS) is 13.1. The van der Waals surface area contributed by atoms with Crippen LogP contribution in [0.2, 0.25) is 0 Å². The number of thioether (sulfide) groups is 1. The van der Waals surface area contributed by atoms with Gasteiger partial charge in [0.1, 0.15) is 5.60 Å². The van der Waals surface area contributed by atoms with Crippen molar-refractivity contribution in [2.75, 3.05) is 12.0 Å². The van der Waals surface area contributed by atoms with Crippen LogP contribution in [0.3, 0.4) is 0 Å². The van der Waals surface area contributed by atoms with Crippen molar-refractivity contribution in [1.29, 1.82) is 0 Å². The number of Topliss-reactive ketones (excluding diaryl/α,β-unsaturated/α-hetero) is 1. The van der Waals surface area contributed by atoms with Crippen molar-refractivity contribution in [3.63, 3.8) is 0 Å². The Kier molecular flexibility index (Phi) is 6.48. The molecular weight excluding hydrogens is 226 g/mol. The number of carbonyl (C=O) groups excluding carboxylic acids is 2. The number of nitrogens with one attached hydrogen (secondary N) is 1. The number of carbonyl (C=O) groups is 2. The summed E-state index contributed by atoms with van der Waals surface area (Å²) in [5.74, 6) is 0.792. The summed E-state index contributed by atoms with van der Waals surface area (Å²) in [4.78, 5) is 22.7. The molecule has 0 aromatic carbocycles. The van der Waals surface area contributed by atoms with Gasteiger partial charge < -0.3 is 10.1 Å². The highest BCUT2D eigenvalue weighted by Crippen LogP contribution is 2.08. The summed E-state index contributed by atoms with van der Waals surface area (Å²) in [7, 11) is 0. The van der Waals surface area contributed by atoms with Gasteiger partial charge in [-0.2, -0.15) is 11.8 Å². The van der Waals surface area contributed by atoms with Crippen LogP contribution in [-0.4, -0.2) is 35.5 Å². The molecule has 5 heteroatoms. The van der Waals surface area contributed by atoms with Gasteiger partial charge in [-0.1, -0.05) is 0 Å². The van der Waals surface area contributed by atoms with Gasteiger partial charge in [-0.15, -0.1) is 0 Å². The van der Waals surface area contributed by atoms with Gasteiger partial charge in [0.2, 0.25) is 0 Å². The standard InChI is InChI=1S/C11H21NO3S/c1-8(13)9(6-7-16-5)12-10(14)15-11(2,3)4/h9H,6-7H2,1-5H3,(H,12,14)/t9-/m1/s1. The fraction of sp³-hybridized carbons (Fsp3) is 0.818. The molecule has 0 aromatic rings. The third-order valence-corrected chi connectivity index (χ3v) is 2.44. The van der Waals surface area contributed by atoms with Crippen LogP contribution < -0.4 is 5.32 Å². The lowest BCUT2D eigenvalue weighted by molar-refractivity contribution is -0.119. The Bertz CT molecular complexity index is 248. The summed E-state index contributed by atoms with van der Waals surface area (Å²) in [5.41, 5.74) is -0.537. The molecule has 4 nitrogen and oxygen atoms in total. The molecule has 0 aliphatic carbocycles. The smallest absolute Gasteiger partial charge is 0.408 e. The monoisotopic (exact) mass is 247 g/mol. The molecule has 0 aromatic heterocycles. The summed E-state index contributed by atoms with van der Waals surface area (Å²) in [6.07, 6.45) is 2.06. The first kappa shape index (κ1) is 15.3. The molecule has 0 saturated heterocycles. The van der Waals surface area contributed by atoms with Crippen molar-refractivity contribution in [3.8, 4) is 0 Å². The van der Waals surface area contributed by atoms with E-state index in [-0.39, 0.29) is 5.78 Å². The van der Waals surface area contributed by atoms with Crippen LogP contribution in [-0.2, 0) is 9.53 Å². The predicted molar refractivity (Wildman–Crippen MR) is 66.8 cm³/mol. The van der Waals surface area contributed by atoms with Crippen molar-refractivity contribution in [1.82, 2.24) is 5.32 Å². The zero-order valence-electron chi connectivity index (χ0n) is 10.6. The second kappa shape index (κ2) is 6.78. The summed E-state index contributed by atoms with van der Waals surface area (Å²) in [5, 5.41) is 2.58. The molecule has 16 heavy (non-hydrogen) atoms. The molecule has 1 amide bonds. The molecule has 0 bridgehead atoms. The molecule has 0 radical (unpaired) electrons. The maximum Gasteiger partial charge on any atom is 0.408 e. The molecule has 94 valence electrons. The predicted octanol–water partition coefficient (Wildman–Crippen LogP) is 2.22. The fourth-order valence-electron chi connectivity index (χ4n) is 1.06. The number of ketones is 1. The quantitative estimate of drug-likeness (QED) is 0.809. The van der Waals surface area contributed by atoms with Gasteiger partial charge in [0.25, 0.3) is 0 Å². The van der Waals surface area contributed by atoms with Crippen LogP contribution in [0.4, 0.5) is 4.79 Å². The van der Waals surface area contributed by atoms with E-state index < -0.39 is 17.7 Å². The Hall–Kier alpha value is -0.710. The number of alkyl carbamates (subject to hydrolysis) is 1. The van der Waals surface area contributed by atoms with Gasteiger partial charge >= 0.3 is 6.09 Å². The van der Waals surface area contributed by atoms with E-state index in [9.17, 15) is 9.59 Å². The van der Waals surface area contributed by atoms with Crippen molar-refractivity contribution in [2.45, 2.75) is 45.8 Å². The van der Waals surface area contributed by atoms with Crippen molar-refractivity contribution < 1.29 is 14.3 Å². The van der Waals surface area contributed by atoms with Gasteiger partial charge in [0, 0.05) is 0 Å². The Morgan fingerprint density at radius 3 is 2.31 bits per heavy atom. The summed E-state index contributed by atoms with van der Waals surface area (Å²) < 4.78 is 5.09. The lowest BCUT2D eigenvalue weighted by atomic mass is 10.1. The highest BCUT2D eigenvalue weighted by atomic mass is 32.2. The number of ether oxygens (including phenoxy) is 1. The van der Waals surface area contributed by atoms with Gasteiger partial charge in [-0.05, 0) is 46.1 Å². The number of rotatable bonds is 5. The molecule has 1 atom stereocenters. The highest BCUT2D eigenvalue weighted by molar-refractivity contribution is 7.98. The largest absolute Gasteiger partial charge is 0.444 e. The van der Waals surface area contributed by atoms with Crippen LogP contribution in [0.15, 0.2) is 0 Å². The second-order valence-electron chi connectivity index (χ2n) is 4.59. The van der Waals surface area contributed by atoms with Crippen LogP contribution in [0.5, 0.6) is 0 Å². The van der Waals surface area contributed by atoms with Crippen LogP contribution in [0.25, 0.3) is 0 Å². The molecule has 0 rings (SSSR count). The maximum atomic E-state index is 11.4. The molecule has 0 saturated carbocycles. The van der Waals surface area contributed by atoms with E-state index in [0.717, 1.165) is 5.75 Å². The molecular formula is C11H21NO3S. The zero-order chi connectivity index (χ0) is 12.8. The summed E-state index contributed by atoms with van der Waals surface area (Å²) in [6, 6.07) is -0.442. The first-order valence-electron chi connectivity index (χ1n) is 5.25. The first-order valence-corrected chi connectivity index (χ1v) is 6.64. The number of hydrogen-bond donors (Lipinski definition) is 1. The molecule has 0 unspecified atom stereocenters. The van der Waals surface area contributed by atoms with Crippen LogP contribution >= 0.6 is 11.8 Å². The Morgan fingerprint density at radius 1 is 1.38 bits per heavy atom. The minimum absolute atomic E-state index is 0.0418. The lowest BCUT2D eigenvalue weighted by Crippen LogP contribution is -2.43. The van der Waals surface area contributed by atoms with Crippen LogP contribution in [0, 0.1) is 0 Å². The summed E-state index contributed by atoms with van der Waals surface area (Å²) >= 11 is 1.64. The molecule has 0 fully saturated rings. The van der Waals surface area contributed by atoms with E-state index in [1.807, 2.05) is 6.26 Å². The van der Waals surface area contributed by atoms with Crippen LogP contribution in [0.1, 0.15) is 34.1 Å². The molecule has 0 aliphatic heterocycles. The Morgan fingerprint density at radius 2 is 1.94 bits per heavy atom. The first-order chi connectivity index (χ1) is 7.26. The van der Waals surface area contributed by atoms with Crippen molar-refractivity contribution in [3.05, 3.63) is 0 Å². The minimum atomic E-state index is -0.537. The molecule has 0 heterocycles. The van der Waals surface area contributed by atoms with Crippen molar-refractivity contribution in [2.24, 2.45) is 0 Å². The third-order valence-electron chi connectivity index (χ3n) is 1.79. The van der Waals surface area contributed by atoms with E-state index in [0.29, 0.717) is 6.42 Å².